The topological polar surface area (TPSA) is 57.8 Å². The third-order valence-electron chi connectivity index (χ3n) is 6.24. The third kappa shape index (κ3) is 4.18. The van der Waals surface area contributed by atoms with Gasteiger partial charge >= 0.3 is 0 Å². The summed E-state index contributed by atoms with van der Waals surface area (Å²) in [4.78, 5) is 20.9. The van der Waals surface area contributed by atoms with Crippen LogP contribution in [0.5, 0.6) is 0 Å². The molecule has 4 aromatic rings. The molecule has 1 aliphatic rings. The fourth-order valence-electron chi connectivity index (χ4n) is 4.48. The van der Waals surface area contributed by atoms with Crippen LogP contribution in [0.2, 0.25) is 0 Å². The van der Waals surface area contributed by atoms with Crippen LogP contribution in [0.25, 0.3) is 0 Å². The van der Waals surface area contributed by atoms with Crippen LogP contribution in [-0.2, 0) is 23.4 Å². The Morgan fingerprint density at radius 2 is 1.56 bits per heavy atom. The van der Waals surface area contributed by atoms with Gasteiger partial charge in [-0.2, -0.15) is 0 Å². The lowest BCUT2D eigenvalue weighted by molar-refractivity contribution is -0.122. The van der Waals surface area contributed by atoms with Gasteiger partial charge in [0.1, 0.15) is 11.6 Å². The van der Waals surface area contributed by atoms with Crippen LogP contribution in [0.15, 0.2) is 113 Å². The Hall–Kier alpha value is -3.96. The number of nitrogens with zero attached hydrogens (tertiary/aromatic N) is 2. The first-order valence-corrected chi connectivity index (χ1v) is 11.6. The highest BCUT2D eigenvalue weighted by molar-refractivity contribution is 6.16. The standard InChI is InChI=1S/C29H27N3O2/c1-2-32(21-26-17-10-18-34-26)20-22-11-9-12-23(19-22)27-30-28(33)29(31-27,24-13-5-3-6-14-24)25-15-7-4-8-16-25/h3-19H,2,20-21H2,1H3,(H,30,31,33). The molecule has 5 rings (SSSR count). The van der Waals surface area contributed by atoms with E-state index in [9.17, 15) is 4.79 Å². The maximum atomic E-state index is 13.5. The number of amides is 1. The zero-order valence-electron chi connectivity index (χ0n) is 19.1. The molecular formula is C29H27N3O2. The second kappa shape index (κ2) is 9.49. The van der Waals surface area contributed by atoms with Crippen LogP contribution in [0, 0.1) is 0 Å². The van der Waals surface area contributed by atoms with Crippen molar-refractivity contribution in [2.75, 3.05) is 6.54 Å². The van der Waals surface area contributed by atoms with Crippen molar-refractivity contribution in [2.24, 2.45) is 4.99 Å². The minimum Gasteiger partial charge on any atom is -0.468 e. The van der Waals surface area contributed by atoms with Gasteiger partial charge in [0.2, 0.25) is 0 Å². The Morgan fingerprint density at radius 1 is 0.853 bits per heavy atom. The van der Waals surface area contributed by atoms with Gasteiger partial charge in [-0.05, 0) is 41.4 Å². The van der Waals surface area contributed by atoms with E-state index in [0.29, 0.717) is 5.84 Å². The molecular weight excluding hydrogens is 422 g/mol. The monoisotopic (exact) mass is 449 g/mol. The minimum absolute atomic E-state index is 0.140. The molecule has 0 fully saturated rings. The summed E-state index contributed by atoms with van der Waals surface area (Å²) < 4.78 is 5.52. The number of hydrogen-bond donors (Lipinski definition) is 1. The molecule has 2 heterocycles. The van der Waals surface area contributed by atoms with E-state index in [2.05, 4.69) is 29.3 Å². The van der Waals surface area contributed by atoms with E-state index in [1.165, 1.54) is 0 Å². The van der Waals surface area contributed by atoms with Gasteiger partial charge in [-0.3, -0.25) is 9.69 Å². The molecule has 170 valence electrons. The summed E-state index contributed by atoms with van der Waals surface area (Å²) in [5.41, 5.74) is 2.64. The van der Waals surface area contributed by atoms with Gasteiger partial charge in [-0.15, -0.1) is 0 Å². The van der Waals surface area contributed by atoms with Crippen LogP contribution < -0.4 is 5.32 Å². The van der Waals surface area contributed by atoms with Crippen molar-refractivity contribution in [3.8, 4) is 0 Å². The van der Waals surface area contributed by atoms with E-state index in [4.69, 9.17) is 9.41 Å². The van der Waals surface area contributed by atoms with Crippen molar-refractivity contribution in [1.82, 2.24) is 10.2 Å². The molecule has 0 saturated heterocycles. The molecule has 0 radical (unpaired) electrons. The van der Waals surface area contributed by atoms with Crippen molar-refractivity contribution in [1.29, 1.82) is 0 Å². The summed E-state index contributed by atoms with van der Waals surface area (Å²) in [6, 6.07) is 31.7. The van der Waals surface area contributed by atoms with Gasteiger partial charge in [-0.1, -0.05) is 85.8 Å². The maximum absolute atomic E-state index is 13.5. The number of carbonyl (C=O) groups excluding carboxylic acids is 1. The number of nitrogens with one attached hydrogen (secondary N) is 1. The molecule has 0 bridgehead atoms. The van der Waals surface area contributed by atoms with Crippen LogP contribution in [0.4, 0.5) is 0 Å². The molecule has 5 nitrogen and oxygen atoms in total. The van der Waals surface area contributed by atoms with Crippen LogP contribution in [-0.4, -0.2) is 23.2 Å². The average molecular weight is 450 g/mol. The largest absolute Gasteiger partial charge is 0.468 e. The van der Waals surface area contributed by atoms with Gasteiger partial charge in [0, 0.05) is 12.1 Å². The maximum Gasteiger partial charge on any atom is 0.262 e. The first kappa shape index (κ1) is 21.9. The van der Waals surface area contributed by atoms with E-state index in [0.717, 1.165) is 47.6 Å². The average Bonchev–Trinajstić information content (AvgIpc) is 3.53. The molecule has 1 amide bonds. The molecule has 3 aromatic carbocycles. The van der Waals surface area contributed by atoms with E-state index in [1.54, 1.807) is 6.26 Å². The molecule has 1 N–H and O–H groups in total. The minimum atomic E-state index is -1.11. The highest BCUT2D eigenvalue weighted by Gasteiger charge is 2.46. The van der Waals surface area contributed by atoms with E-state index >= 15 is 0 Å². The number of aliphatic imine (C=N–C) groups is 1. The predicted molar refractivity (Wildman–Crippen MR) is 133 cm³/mol. The van der Waals surface area contributed by atoms with Crippen molar-refractivity contribution in [3.05, 3.63) is 131 Å². The lowest BCUT2D eigenvalue weighted by Gasteiger charge is -2.24. The Kier molecular flexibility index (Phi) is 6.11. The number of benzene rings is 3. The first-order chi connectivity index (χ1) is 16.7. The Labute approximate surface area is 199 Å². The van der Waals surface area contributed by atoms with Crippen LogP contribution in [0.1, 0.15) is 34.9 Å². The van der Waals surface area contributed by atoms with Gasteiger partial charge < -0.3 is 9.73 Å². The van der Waals surface area contributed by atoms with E-state index < -0.39 is 5.54 Å². The van der Waals surface area contributed by atoms with Gasteiger partial charge in [0.15, 0.2) is 5.54 Å². The zero-order chi connectivity index (χ0) is 23.4. The first-order valence-electron chi connectivity index (χ1n) is 11.6. The van der Waals surface area contributed by atoms with E-state index in [-0.39, 0.29) is 5.91 Å². The van der Waals surface area contributed by atoms with Crippen molar-refractivity contribution in [3.63, 3.8) is 0 Å². The molecule has 1 aromatic heterocycles. The Balaban J connectivity index is 1.49. The molecule has 5 heteroatoms. The quantitative estimate of drug-likeness (QED) is 0.406. The number of carbonyl (C=O) groups is 1. The fourth-order valence-corrected chi connectivity index (χ4v) is 4.48. The third-order valence-corrected chi connectivity index (χ3v) is 6.24. The molecule has 0 aliphatic carbocycles. The predicted octanol–water partition coefficient (Wildman–Crippen LogP) is 5.12. The second-order valence-electron chi connectivity index (χ2n) is 8.44. The molecule has 0 saturated carbocycles. The smallest absolute Gasteiger partial charge is 0.262 e. The zero-order valence-corrected chi connectivity index (χ0v) is 19.1. The molecule has 34 heavy (non-hydrogen) atoms. The van der Waals surface area contributed by atoms with Gasteiger partial charge in [0.05, 0.1) is 12.8 Å². The number of rotatable bonds is 8. The lowest BCUT2D eigenvalue weighted by Crippen LogP contribution is -2.38. The highest BCUT2D eigenvalue weighted by Crippen LogP contribution is 2.37. The van der Waals surface area contributed by atoms with Crippen molar-refractivity contribution >= 4 is 11.7 Å². The summed E-state index contributed by atoms with van der Waals surface area (Å²) in [5, 5.41) is 3.07. The molecule has 1 aliphatic heterocycles. The Morgan fingerprint density at radius 3 is 2.18 bits per heavy atom. The van der Waals surface area contributed by atoms with Crippen LogP contribution >= 0.6 is 0 Å². The van der Waals surface area contributed by atoms with E-state index in [1.807, 2.05) is 84.9 Å². The fraction of sp³-hybridized carbons (Fsp3) is 0.172. The highest BCUT2D eigenvalue weighted by atomic mass is 16.3. The SMILES string of the molecule is CCN(Cc1cccc(C2=NC(c3ccccc3)(c3ccccc3)C(=O)N2)c1)Cc1ccco1. The summed E-state index contributed by atoms with van der Waals surface area (Å²) >= 11 is 0. The summed E-state index contributed by atoms with van der Waals surface area (Å²) in [7, 11) is 0. The summed E-state index contributed by atoms with van der Waals surface area (Å²) in [6.07, 6.45) is 1.70. The van der Waals surface area contributed by atoms with Crippen molar-refractivity contribution < 1.29 is 9.21 Å². The lowest BCUT2D eigenvalue weighted by atomic mass is 9.83. The van der Waals surface area contributed by atoms with Gasteiger partial charge in [0.25, 0.3) is 5.91 Å². The second-order valence-corrected chi connectivity index (χ2v) is 8.44. The normalized spacial score (nSPS) is 14.8. The number of amidine groups is 1. The molecule has 0 spiro atoms. The summed E-state index contributed by atoms with van der Waals surface area (Å²) in [6.45, 7) is 4.56. The number of furan rings is 1. The van der Waals surface area contributed by atoms with Crippen LogP contribution in [0.3, 0.4) is 0 Å². The number of hydrogen-bond acceptors (Lipinski definition) is 4. The molecule has 0 atom stereocenters. The van der Waals surface area contributed by atoms with Gasteiger partial charge in [-0.25, -0.2) is 4.99 Å². The Bertz CT molecular complexity index is 1240. The summed E-state index contributed by atoms with van der Waals surface area (Å²) in [5.74, 6) is 1.40. The molecule has 0 unspecified atom stereocenters. The van der Waals surface area contributed by atoms with Crippen molar-refractivity contribution in [2.45, 2.75) is 25.6 Å².